The number of hydrogen-bond donors (Lipinski definition) is 2. The molecule has 0 aliphatic carbocycles. The number of hydrogen-bond acceptors (Lipinski definition) is 4. The molecule has 1 fully saturated rings. The van der Waals surface area contributed by atoms with Crippen LogP contribution in [-0.4, -0.2) is 45.0 Å². The van der Waals surface area contributed by atoms with Crippen LogP contribution in [0.1, 0.15) is 36.0 Å². The summed E-state index contributed by atoms with van der Waals surface area (Å²) < 4.78 is 31.3. The van der Waals surface area contributed by atoms with E-state index in [1.165, 1.54) is 6.07 Å². The number of ether oxygens (including phenoxy) is 1. The van der Waals surface area contributed by atoms with Crippen molar-refractivity contribution in [2.45, 2.75) is 25.7 Å². The lowest BCUT2D eigenvalue weighted by Crippen LogP contribution is -2.47. The fourth-order valence-electron chi connectivity index (χ4n) is 3.05. The Morgan fingerprint density at radius 2 is 1.88 bits per heavy atom. The van der Waals surface area contributed by atoms with Crippen molar-refractivity contribution in [1.82, 2.24) is 10.6 Å². The van der Waals surface area contributed by atoms with Gasteiger partial charge in [-0.15, -0.1) is 12.4 Å². The Morgan fingerprint density at radius 3 is 2.50 bits per heavy atom. The summed E-state index contributed by atoms with van der Waals surface area (Å²) in [6.45, 7) is 2.84. The van der Waals surface area contributed by atoms with E-state index in [4.69, 9.17) is 4.74 Å². The first kappa shape index (κ1) is 22.5. The van der Waals surface area contributed by atoms with E-state index in [2.05, 4.69) is 10.6 Å². The van der Waals surface area contributed by atoms with Gasteiger partial charge in [-0.25, -0.2) is 8.78 Å². The zero-order valence-electron chi connectivity index (χ0n) is 14.8. The molecule has 5 nitrogen and oxygen atoms in total. The van der Waals surface area contributed by atoms with E-state index in [-0.39, 0.29) is 47.9 Å². The predicted molar refractivity (Wildman–Crippen MR) is 96.6 cm³/mol. The summed E-state index contributed by atoms with van der Waals surface area (Å²) in [5.41, 5.74) is -0.0133. The summed E-state index contributed by atoms with van der Waals surface area (Å²) in [5, 5.41) is 6.15. The highest BCUT2D eigenvalue weighted by Crippen LogP contribution is 2.28. The summed E-state index contributed by atoms with van der Waals surface area (Å²) in [6.07, 6.45) is 1.79. The lowest BCUT2D eigenvalue weighted by Gasteiger charge is -2.37. The lowest BCUT2D eigenvalue weighted by atomic mass is 9.79. The summed E-state index contributed by atoms with van der Waals surface area (Å²) in [5.74, 6) is -2.69. The molecule has 1 aliphatic rings. The van der Waals surface area contributed by atoms with E-state index >= 15 is 0 Å². The van der Waals surface area contributed by atoms with Crippen LogP contribution in [0, 0.1) is 17.0 Å². The second kappa shape index (κ2) is 10.5. The average Bonchev–Trinajstić information content (AvgIpc) is 2.61. The molecular formula is C18H25ClF2N2O3. The van der Waals surface area contributed by atoms with Crippen molar-refractivity contribution >= 4 is 24.1 Å². The maximum absolute atomic E-state index is 13.2. The molecule has 1 aliphatic heterocycles. The van der Waals surface area contributed by atoms with E-state index in [1.54, 1.807) is 7.11 Å². The first-order valence-corrected chi connectivity index (χ1v) is 8.40. The van der Waals surface area contributed by atoms with Crippen LogP contribution in [0.5, 0.6) is 0 Å². The standard InChI is InChI=1S/C18H24F2N2O3.ClH/c1-25-12-18(6-8-21-9-7-18)11-22-17(24)5-4-16(23)13-2-3-14(19)15(20)10-13;/h2-3,10,21H,4-9,11-12H2,1H3,(H,22,24);1H. The van der Waals surface area contributed by atoms with Crippen LogP contribution in [-0.2, 0) is 9.53 Å². The molecule has 2 rings (SSSR count). The fraction of sp³-hybridized carbons (Fsp3) is 0.556. The van der Waals surface area contributed by atoms with Crippen molar-refractivity contribution in [1.29, 1.82) is 0 Å². The normalized spacial score (nSPS) is 15.8. The van der Waals surface area contributed by atoms with Crippen LogP contribution >= 0.6 is 12.4 Å². The Balaban J connectivity index is 0.00000338. The van der Waals surface area contributed by atoms with Crippen LogP contribution < -0.4 is 10.6 Å². The number of amides is 1. The maximum atomic E-state index is 13.2. The predicted octanol–water partition coefficient (Wildman–Crippen LogP) is 2.48. The van der Waals surface area contributed by atoms with Crippen LogP contribution in [0.2, 0.25) is 0 Å². The fourth-order valence-corrected chi connectivity index (χ4v) is 3.05. The van der Waals surface area contributed by atoms with Gasteiger partial charge in [-0.05, 0) is 44.1 Å². The Bertz CT molecular complexity index is 617. The van der Waals surface area contributed by atoms with E-state index in [0.717, 1.165) is 38.1 Å². The molecule has 1 aromatic rings. The van der Waals surface area contributed by atoms with Gasteiger partial charge in [0.25, 0.3) is 0 Å². The monoisotopic (exact) mass is 390 g/mol. The molecule has 0 bridgehead atoms. The number of ketones is 1. The number of methoxy groups -OCH3 is 1. The summed E-state index contributed by atoms with van der Waals surface area (Å²) in [6, 6.07) is 2.99. The highest BCUT2D eigenvalue weighted by atomic mass is 35.5. The van der Waals surface area contributed by atoms with Gasteiger partial charge in [0.05, 0.1) is 6.61 Å². The van der Waals surface area contributed by atoms with Gasteiger partial charge in [0, 0.05) is 37.5 Å². The molecule has 0 unspecified atom stereocenters. The molecule has 1 amide bonds. The number of piperidine rings is 1. The Labute approximate surface area is 158 Å². The van der Waals surface area contributed by atoms with Gasteiger partial charge >= 0.3 is 0 Å². The number of carbonyl (C=O) groups is 2. The molecule has 1 heterocycles. The molecule has 2 N–H and O–H groups in total. The van der Waals surface area contributed by atoms with Crippen LogP contribution in [0.4, 0.5) is 8.78 Å². The smallest absolute Gasteiger partial charge is 0.220 e. The van der Waals surface area contributed by atoms with Crippen LogP contribution in [0.25, 0.3) is 0 Å². The van der Waals surface area contributed by atoms with E-state index in [0.29, 0.717) is 13.2 Å². The lowest BCUT2D eigenvalue weighted by molar-refractivity contribution is -0.122. The molecule has 0 aromatic heterocycles. The third-order valence-electron chi connectivity index (χ3n) is 4.60. The summed E-state index contributed by atoms with van der Waals surface area (Å²) in [7, 11) is 1.64. The molecule has 0 spiro atoms. The molecule has 26 heavy (non-hydrogen) atoms. The topological polar surface area (TPSA) is 67.4 Å². The number of carbonyl (C=O) groups excluding carboxylic acids is 2. The van der Waals surface area contributed by atoms with Crippen molar-refractivity contribution in [3.8, 4) is 0 Å². The number of nitrogens with one attached hydrogen (secondary N) is 2. The molecule has 146 valence electrons. The number of benzene rings is 1. The first-order valence-electron chi connectivity index (χ1n) is 8.40. The molecule has 0 atom stereocenters. The Kier molecular flexibility index (Phi) is 9.12. The zero-order chi connectivity index (χ0) is 18.3. The van der Waals surface area contributed by atoms with Gasteiger partial charge in [0.1, 0.15) is 0 Å². The Hall–Kier alpha value is -1.57. The number of halogens is 3. The Morgan fingerprint density at radius 1 is 1.19 bits per heavy atom. The molecular weight excluding hydrogens is 366 g/mol. The SMILES string of the molecule is COCC1(CNC(=O)CCC(=O)c2ccc(F)c(F)c2)CCNCC1.Cl. The van der Waals surface area contributed by atoms with Crippen molar-refractivity contribution in [3.63, 3.8) is 0 Å². The van der Waals surface area contributed by atoms with Crippen molar-refractivity contribution in [2.24, 2.45) is 5.41 Å². The van der Waals surface area contributed by atoms with Crippen molar-refractivity contribution in [2.75, 3.05) is 33.4 Å². The van der Waals surface area contributed by atoms with Gasteiger partial charge in [-0.2, -0.15) is 0 Å². The molecule has 1 aromatic carbocycles. The van der Waals surface area contributed by atoms with E-state index in [9.17, 15) is 18.4 Å². The molecule has 0 radical (unpaired) electrons. The van der Waals surface area contributed by atoms with Crippen molar-refractivity contribution < 1.29 is 23.1 Å². The number of rotatable bonds is 8. The maximum Gasteiger partial charge on any atom is 0.220 e. The van der Waals surface area contributed by atoms with Gasteiger partial charge < -0.3 is 15.4 Å². The minimum Gasteiger partial charge on any atom is -0.384 e. The van der Waals surface area contributed by atoms with E-state index < -0.39 is 11.6 Å². The average molecular weight is 391 g/mol. The van der Waals surface area contributed by atoms with Gasteiger partial charge in [0.2, 0.25) is 5.91 Å². The second-order valence-electron chi connectivity index (χ2n) is 6.51. The largest absolute Gasteiger partial charge is 0.384 e. The molecule has 1 saturated heterocycles. The van der Waals surface area contributed by atoms with Crippen LogP contribution in [0.3, 0.4) is 0 Å². The molecule has 8 heteroatoms. The van der Waals surface area contributed by atoms with Crippen molar-refractivity contribution in [3.05, 3.63) is 35.4 Å². The highest BCUT2D eigenvalue weighted by molar-refractivity contribution is 5.97. The zero-order valence-corrected chi connectivity index (χ0v) is 15.6. The van der Waals surface area contributed by atoms with Gasteiger partial charge in [0.15, 0.2) is 17.4 Å². The second-order valence-corrected chi connectivity index (χ2v) is 6.51. The first-order chi connectivity index (χ1) is 12.0. The minimum atomic E-state index is -1.07. The third kappa shape index (κ3) is 6.30. The number of Topliss-reactive ketones (excluding diaryl/α,β-unsaturated/α-hetero) is 1. The van der Waals surface area contributed by atoms with Crippen LogP contribution in [0.15, 0.2) is 18.2 Å². The third-order valence-corrected chi connectivity index (χ3v) is 4.60. The van der Waals surface area contributed by atoms with E-state index in [1.807, 2.05) is 0 Å². The quantitative estimate of drug-likeness (QED) is 0.669. The van der Waals surface area contributed by atoms with Gasteiger partial charge in [-0.1, -0.05) is 0 Å². The minimum absolute atomic E-state index is 0. The van der Waals surface area contributed by atoms with Gasteiger partial charge in [-0.3, -0.25) is 9.59 Å². The highest BCUT2D eigenvalue weighted by Gasteiger charge is 2.32. The molecule has 0 saturated carbocycles. The summed E-state index contributed by atoms with van der Waals surface area (Å²) in [4.78, 5) is 24.0. The summed E-state index contributed by atoms with van der Waals surface area (Å²) >= 11 is 0.